The second kappa shape index (κ2) is 8.28. The molecule has 0 amide bonds. The number of para-hydroxylation sites is 1. The zero-order valence-electron chi connectivity index (χ0n) is 15.5. The summed E-state index contributed by atoms with van der Waals surface area (Å²) >= 11 is 3.25. The van der Waals surface area contributed by atoms with Gasteiger partial charge in [0, 0.05) is 11.3 Å². The molecule has 1 heterocycles. The van der Waals surface area contributed by atoms with Gasteiger partial charge in [0.2, 0.25) is 10.7 Å². The van der Waals surface area contributed by atoms with Gasteiger partial charge < -0.3 is 10.1 Å². The van der Waals surface area contributed by atoms with Crippen molar-refractivity contribution in [3.8, 4) is 11.5 Å². The third-order valence-corrected chi connectivity index (χ3v) is 4.48. The normalized spacial score (nSPS) is 10.6. The molecule has 1 N–H and O–H groups in total. The van der Waals surface area contributed by atoms with E-state index in [0.717, 1.165) is 11.3 Å². The fourth-order valence-corrected chi connectivity index (χ4v) is 3.04. The highest BCUT2D eigenvalue weighted by molar-refractivity contribution is 9.10. The zero-order valence-corrected chi connectivity index (χ0v) is 17.1. The topological polar surface area (TPSA) is 69.0 Å². The zero-order chi connectivity index (χ0) is 20.2. The van der Waals surface area contributed by atoms with Gasteiger partial charge in [-0.15, -0.1) is 5.10 Å². The second-order valence-corrected chi connectivity index (χ2v) is 7.06. The minimum Gasteiger partial charge on any atom is -0.457 e. The van der Waals surface area contributed by atoms with Crippen molar-refractivity contribution in [1.82, 2.24) is 14.8 Å². The first-order chi connectivity index (χ1) is 14.1. The number of ether oxygens (including phenoxy) is 1. The number of halogens is 1. The molecule has 0 unspecified atom stereocenters. The lowest BCUT2D eigenvalue weighted by molar-refractivity contribution is 0.0947. The first-order valence-electron chi connectivity index (χ1n) is 8.92. The fraction of sp³-hybridized carbons (Fsp3) is 0.0455. The van der Waals surface area contributed by atoms with Crippen molar-refractivity contribution in [2.24, 2.45) is 0 Å². The van der Waals surface area contributed by atoms with Crippen LogP contribution in [0.25, 0.3) is 0 Å². The van der Waals surface area contributed by atoms with Crippen LogP contribution in [0, 0.1) is 6.92 Å². The van der Waals surface area contributed by atoms with Crippen LogP contribution in [-0.2, 0) is 0 Å². The van der Waals surface area contributed by atoms with E-state index in [4.69, 9.17) is 4.74 Å². The molecule has 0 bridgehead atoms. The average molecular weight is 449 g/mol. The van der Waals surface area contributed by atoms with Gasteiger partial charge in [-0.1, -0.05) is 42.0 Å². The van der Waals surface area contributed by atoms with Crippen LogP contribution < -0.4 is 10.1 Å². The number of hydrogen-bond donors (Lipinski definition) is 1. The summed E-state index contributed by atoms with van der Waals surface area (Å²) in [5, 5.41) is 7.32. The lowest BCUT2D eigenvalue weighted by atomic mass is 10.2. The largest absolute Gasteiger partial charge is 0.457 e. The SMILES string of the molecule is Cc1ccc(Nc2nc(Br)nn2C(=O)c2cccc(Oc3ccccc3)c2)cc1. The molecular weight excluding hydrogens is 432 g/mol. The molecule has 0 fully saturated rings. The molecule has 0 radical (unpaired) electrons. The minimum atomic E-state index is -0.323. The molecule has 0 saturated carbocycles. The third-order valence-electron chi connectivity index (χ3n) is 4.14. The van der Waals surface area contributed by atoms with Crippen molar-refractivity contribution >= 4 is 33.5 Å². The number of benzene rings is 3. The highest BCUT2D eigenvalue weighted by Gasteiger charge is 2.18. The Labute approximate surface area is 176 Å². The standard InChI is InChI=1S/C22H17BrN4O2/c1-15-10-12-17(13-11-15)24-22-25-21(23)26-27(22)20(28)16-6-5-9-19(14-16)29-18-7-3-2-4-8-18/h2-14H,1H3,(H,24,25,26). The maximum absolute atomic E-state index is 13.1. The number of nitrogens with zero attached hydrogens (tertiary/aromatic N) is 3. The van der Waals surface area contributed by atoms with E-state index in [1.54, 1.807) is 24.3 Å². The summed E-state index contributed by atoms with van der Waals surface area (Å²) in [6, 6.07) is 24.2. The number of carbonyl (C=O) groups is 1. The molecule has 144 valence electrons. The smallest absolute Gasteiger partial charge is 0.281 e. The van der Waals surface area contributed by atoms with Crippen molar-refractivity contribution in [2.45, 2.75) is 6.92 Å². The van der Waals surface area contributed by atoms with Gasteiger partial charge in [0.25, 0.3) is 5.91 Å². The molecule has 29 heavy (non-hydrogen) atoms. The Morgan fingerprint density at radius 1 is 0.966 bits per heavy atom. The van der Waals surface area contributed by atoms with Crippen molar-refractivity contribution in [2.75, 3.05) is 5.32 Å². The predicted molar refractivity (Wildman–Crippen MR) is 115 cm³/mol. The van der Waals surface area contributed by atoms with E-state index in [-0.39, 0.29) is 5.91 Å². The summed E-state index contributed by atoms with van der Waals surface area (Å²) in [6.45, 7) is 2.01. The van der Waals surface area contributed by atoms with E-state index in [9.17, 15) is 4.79 Å². The van der Waals surface area contributed by atoms with Crippen LogP contribution in [0.5, 0.6) is 11.5 Å². The maximum atomic E-state index is 13.1. The van der Waals surface area contributed by atoms with Crippen LogP contribution in [-0.4, -0.2) is 20.7 Å². The van der Waals surface area contributed by atoms with E-state index < -0.39 is 0 Å². The number of aromatic nitrogens is 3. The van der Waals surface area contributed by atoms with Crippen molar-refractivity contribution in [3.05, 3.63) is 94.7 Å². The number of nitrogens with one attached hydrogen (secondary N) is 1. The van der Waals surface area contributed by atoms with Gasteiger partial charge >= 0.3 is 0 Å². The van der Waals surface area contributed by atoms with Crippen LogP contribution in [0.1, 0.15) is 15.9 Å². The summed E-state index contributed by atoms with van der Waals surface area (Å²) < 4.78 is 7.37. The molecule has 3 aromatic carbocycles. The van der Waals surface area contributed by atoms with Gasteiger partial charge in [-0.25, -0.2) is 0 Å². The van der Waals surface area contributed by atoms with Crippen LogP contribution in [0.2, 0.25) is 0 Å². The molecule has 0 atom stereocenters. The molecule has 4 rings (SSSR count). The Morgan fingerprint density at radius 3 is 2.45 bits per heavy atom. The minimum absolute atomic E-state index is 0.317. The number of hydrogen-bond acceptors (Lipinski definition) is 5. The van der Waals surface area contributed by atoms with Crippen LogP contribution in [0.4, 0.5) is 11.6 Å². The Kier molecular flexibility index (Phi) is 5.39. The lowest BCUT2D eigenvalue weighted by Gasteiger charge is -2.09. The quantitative estimate of drug-likeness (QED) is 0.431. The average Bonchev–Trinajstić information content (AvgIpc) is 3.10. The van der Waals surface area contributed by atoms with Gasteiger partial charge in [-0.2, -0.15) is 9.67 Å². The Hall–Kier alpha value is -3.45. The molecular formula is C22H17BrN4O2. The maximum Gasteiger partial charge on any atom is 0.281 e. The lowest BCUT2D eigenvalue weighted by Crippen LogP contribution is -2.16. The summed E-state index contributed by atoms with van der Waals surface area (Å²) in [4.78, 5) is 17.3. The number of rotatable bonds is 5. The Bertz CT molecular complexity index is 1140. The van der Waals surface area contributed by atoms with Gasteiger partial charge in [-0.3, -0.25) is 4.79 Å². The summed E-state index contributed by atoms with van der Waals surface area (Å²) in [5.74, 6) is 1.26. The highest BCUT2D eigenvalue weighted by Crippen LogP contribution is 2.24. The molecule has 0 aliphatic heterocycles. The molecule has 7 heteroatoms. The molecule has 1 aromatic heterocycles. The van der Waals surface area contributed by atoms with E-state index in [1.165, 1.54) is 4.68 Å². The van der Waals surface area contributed by atoms with E-state index in [2.05, 4.69) is 31.3 Å². The fourth-order valence-electron chi connectivity index (χ4n) is 2.72. The van der Waals surface area contributed by atoms with Gasteiger partial charge in [0.1, 0.15) is 11.5 Å². The van der Waals surface area contributed by atoms with E-state index >= 15 is 0 Å². The molecule has 0 spiro atoms. The van der Waals surface area contributed by atoms with Crippen LogP contribution >= 0.6 is 15.9 Å². The van der Waals surface area contributed by atoms with Gasteiger partial charge in [0.05, 0.1) is 0 Å². The second-order valence-electron chi connectivity index (χ2n) is 6.36. The van der Waals surface area contributed by atoms with E-state index in [0.29, 0.717) is 27.7 Å². The van der Waals surface area contributed by atoms with Gasteiger partial charge in [0.15, 0.2) is 0 Å². The molecule has 4 aromatic rings. The molecule has 0 saturated heterocycles. The van der Waals surface area contributed by atoms with Gasteiger partial charge in [-0.05, 0) is 65.3 Å². The van der Waals surface area contributed by atoms with Crippen molar-refractivity contribution in [1.29, 1.82) is 0 Å². The molecule has 0 aliphatic rings. The first-order valence-corrected chi connectivity index (χ1v) is 9.72. The summed E-state index contributed by atoms with van der Waals surface area (Å²) in [5.41, 5.74) is 2.39. The molecule has 0 aliphatic carbocycles. The predicted octanol–water partition coefficient (Wildman–Crippen LogP) is 5.57. The Balaban J connectivity index is 1.60. The third kappa shape index (κ3) is 4.52. The van der Waals surface area contributed by atoms with Crippen molar-refractivity contribution in [3.63, 3.8) is 0 Å². The van der Waals surface area contributed by atoms with Crippen LogP contribution in [0.3, 0.4) is 0 Å². The van der Waals surface area contributed by atoms with Crippen molar-refractivity contribution < 1.29 is 9.53 Å². The number of carbonyl (C=O) groups excluding carboxylic acids is 1. The van der Waals surface area contributed by atoms with Crippen LogP contribution in [0.15, 0.2) is 83.6 Å². The van der Waals surface area contributed by atoms with E-state index in [1.807, 2.05) is 61.5 Å². The monoisotopic (exact) mass is 448 g/mol. The Morgan fingerprint density at radius 2 is 1.69 bits per heavy atom. The highest BCUT2D eigenvalue weighted by atomic mass is 79.9. The summed E-state index contributed by atoms with van der Waals surface area (Å²) in [7, 11) is 0. The molecule has 6 nitrogen and oxygen atoms in total. The first kappa shape index (κ1) is 18.9. The summed E-state index contributed by atoms with van der Waals surface area (Å²) in [6.07, 6.45) is 0. The number of anilines is 2. The number of aryl methyl sites for hydroxylation is 1.